The third-order valence-corrected chi connectivity index (χ3v) is 2.97. The second-order valence-electron chi connectivity index (χ2n) is 3.41. The van der Waals surface area contributed by atoms with Gasteiger partial charge in [0.1, 0.15) is 11.8 Å². The number of amides is 1. The lowest BCUT2D eigenvalue weighted by atomic mass is 10.3. The Bertz CT molecular complexity index is 404. The topological polar surface area (TPSA) is 86.6 Å². The molecule has 1 aromatic carbocycles. The van der Waals surface area contributed by atoms with Crippen LogP contribution in [0, 0.1) is 0 Å². The molecule has 0 aliphatic rings. The highest BCUT2D eigenvalue weighted by molar-refractivity contribution is 8.00. The smallest absolute Gasteiger partial charge is 0.325 e. The van der Waals surface area contributed by atoms with Gasteiger partial charge in [-0.25, -0.2) is 0 Å². The number of aromatic hydroxyl groups is 1. The van der Waals surface area contributed by atoms with E-state index in [1.54, 1.807) is 12.1 Å². The summed E-state index contributed by atoms with van der Waals surface area (Å²) in [6.07, 6.45) is 0. The fraction of sp³-hybridized carbons (Fsp3) is 0.273. The van der Waals surface area contributed by atoms with Gasteiger partial charge in [0.05, 0.1) is 5.75 Å². The lowest BCUT2D eigenvalue weighted by molar-refractivity contribution is -0.140. The summed E-state index contributed by atoms with van der Waals surface area (Å²) in [7, 11) is 0. The number of thioether (sulfide) groups is 1. The largest absolute Gasteiger partial charge is 0.508 e. The van der Waals surface area contributed by atoms with E-state index in [4.69, 9.17) is 10.2 Å². The van der Waals surface area contributed by atoms with Crippen molar-refractivity contribution in [3.63, 3.8) is 0 Å². The summed E-state index contributed by atoms with van der Waals surface area (Å²) in [5.41, 5.74) is 0. The van der Waals surface area contributed by atoms with Crippen molar-refractivity contribution >= 4 is 23.6 Å². The number of carboxylic acid groups (broad SMARTS) is 1. The average molecular weight is 255 g/mol. The van der Waals surface area contributed by atoms with E-state index in [0.29, 0.717) is 0 Å². The van der Waals surface area contributed by atoms with Crippen LogP contribution in [0.5, 0.6) is 5.75 Å². The molecule has 1 atom stereocenters. The van der Waals surface area contributed by atoms with E-state index in [0.717, 1.165) is 4.90 Å². The number of carbonyl (C=O) groups excluding carboxylic acids is 1. The average Bonchev–Trinajstić information content (AvgIpc) is 2.28. The summed E-state index contributed by atoms with van der Waals surface area (Å²) in [6, 6.07) is 5.55. The van der Waals surface area contributed by atoms with Gasteiger partial charge in [0.2, 0.25) is 5.91 Å². The number of carboxylic acids is 1. The summed E-state index contributed by atoms with van der Waals surface area (Å²) < 4.78 is 0. The number of aliphatic carboxylic acids is 1. The Hall–Kier alpha value is -1.69. The van der Waals surface area contributed by atoms with Crippen LogP contribution in [0.25, 0.3) is 0 Å². The third kappa shape index (κ3) is 4.78. The number of phenols is 1. The highest BCUT2D eigenvalue weighted by Gasteiger charge is 2.13. The van der Waals surface area contributed by atoms with E-state index in [-0.39, 0.29) is 17.4 Å². The molecule has 0 radical (unpaired) electrons. The van der Waals surface area contributed by atoms with Gasteiger partial charge in [-0.15, -0.1) is 11.8 Å². The molecule has 0 fully saturated rings. The van der Waals surface area contributed by atoms with Crippen LogP contribution in [0.1, 0.15) is 6.92 Å². The Balaban J connectivity index is 2.38. The minimum Gasteiger partial charge on any atom is -0.508 e. The molecule has 17 heavy (non-hydrogen) atoms. The Morgan fingerprint density at radius 3 is 2.47 bits per heavy atom. The van der Waals surface area contributed by atoms with Crippen LogP contribution < -0.4 is 5.32 Å². The monoisotopic (exact) mass is 255 g/mol. The number of carbonyl (C=O) groups is 2. The molecule has 1 rings (SSSR count). The van der Waals surface area contributed by atoms with Gasteiger partial charge in [0, 0.05) is 4.90 Å². The molecule has 1 aromatic rings. The second kappa shape index (κ2) is 6.15. The number of hydrogen-bond acceptors (Lipinski definition) is 4. The molecule has 5 nitrogen and oxygen atoms in total. The summed E-state index contributed by atoms with van der Waals surface area (Å²) in [5, 5.41) is 20.0. The molecule has 1 amide bonds. The summed E-state index contributed by atoms with van der Waals surface area (Å²) in [4.78, 5) is 22.7. The van der Waals surface area contributed by atoms with Gasteiger partial charge >= 0.3 is 5.97 Å². The Kier molecular flexibility index (Phi) is 4.84. The minimum absolute atomic E-state index is 0.141. The molecule has 6 heteroatoms. The van der Waals surface area contributed by atoms with Crippen LogP contribution in [0.2, 0.25) is 0 Å². The molecule has 0 heterocycles. The standard InChI is InChI=1S/C11H13NO4S/c1-7(11(15)16)12-10(14)6-17-9-4-2-8(13)3-5-9/h2-5,7,13H,6H2,1H3,(H,12,14)(H,15,16)/t7-/m1/s1. The first-order valence-electron chi connectivity index (χ1n) is 4.93. The van der Waals surface area contributed by atoms with Crippen molar-refractivity contribution in [2.24, 2.45) is 0 Å². The van der Waals surface area contributed by atoms with Crippen molar-refractivity contribution in [2.45, 2.75) is 17.9 Å². The maximum Gasteiger partial charge on any atom is 0.325 e. The fourth-order valence-corrected chi connectivity index (χ4v) is 1.75. The zero-order chi connectivity index (χ0) is 12.8. The lowest BCUT2D eigenvalue weighted by Crippen LogP contribution is -2.39. The highest BCUT2D eigenvalue weighted by Crippen LogP contribution is 2.20. The van der Waals surface area contributed by atoms with Gasteiger partial charge in [-0.1, -0.05) is 0 Å². The van der Waals surface area contributed by atoms with Gasteiger partial charge < -0.3 is 15.5 Å². The zero-order valence-corrected chi connectivity index (χ0v) is 10.0. The normalized spacial score (nSPS) is 11.8. The van der Waals surface area contributed by atoms with Gasteiger partial charge in [0.15, 0.2) is 0 Å². The van der Waals surface area contributed by atoms with Crippen LogP contribution in [-0.2, 0) is 9.59 Å². The number of benzene rings is 1. The van der Waals surface area contributed by atoms with Crippen molar-refractivity contribution < 1.29 is 19.8 Å². The van der Waals surface area contributed by atoms with Crippen molar-refractivity contribution in [3.8, 4) is 5.75 Å². The van der Waals surface area contributed by atoms with E-state index in [9.17, 15) is 9.59 Å². The van der Waals surface area contributed by atoms with Crippen molar-refractivity contribution in [1.82, 2.24) is 5.32 Å². The summed E-state index contributed by atoms with van der Waals surface area (Å²) in [6.45, 7) is 1.41. The highest BCUT2D eigenvalue weighted by atomic mass is 32.2. The molecule has 3 N–H and O–H groups in total. The number of rotatable bonds is 5. The fourth-order valence-electron chi connectivity index (χ4n) is 1.04. The van der Waals surface area contributed by atoms with Gasteiger partial charge in [0.25, 0.3) is 0 Å². The molecule has 0 bridgehead atoms. The third-order valence-electron chi connectivity index (χ3n) is 1.95. The molecule has 0 aliphatic heterocycles. The SMILES string of the molecule is C[C@@H](NC(=O)CSc1ccc(O)cc1)C(=O)O. The van der Waals surface area contributed by atoms with E-state index >= 15 is 0 Å². The predicted molar refractivity (Wildman–Crippen MR) is 64.1 cm³/mol. The van der Waals surface area contributed by atoms with Gasteiger partial charge in [-0.05, 0) is 31.2 Å². The summed E-state index contributed by atoms with van der Waals surface area (Å²) >= 11 is 1.27. The zero-order valence-electron chi connectivity index (χ0n) is 9.21. The van der Waals surface area contributed by atoms with E-state index in [1.807, 2.05) is 0 Å². The number of nitrogens with one attached hydrogen (secondary N) is 1. The van der Waals surface area contributed by atoms with Crippen molar-refractivity contribution in [2.75, 3.05) is 5.75 Å². The van der Waals surface area contributed by atoms with Crippen LogP contribution in [0.3, 0.4) is 0 Å². The maximum atomic E-state index is 11.4. The summed E-state index contributed by atoms with van der Waals surface area (Å²) in [5.74, 6) is -1.09. The Morgan fingerprint density at radius 2 is 1.94 bits per heavy atom. The molecular formula is C11H13NO4S. The van der Waals surface area contributed by atoms with Crippen molar-refractivity contribution in [1.29, 1.82) is 0 Å². The Morgan fingerprint density at radius 1 is 1.35 bits per heavy atom. The van der Waals surface area contributed by atoms with Gasteiger partial charge in [-0.2, -0.15) is 0 Å². The van der Waals surface area contributed by atoms with Crippen LogP contribution in [-0.4, -0.2) is 33.9 Å². The minimum atomic E-state index is -1.06. The van der Waals surface area contributed by atoms with E-state index < -0.39 is 12.0 Å². The van der Waals surface area contributed by atoms with Crippen LogP contribution in [0.15, 0.2) is 29.2 Å². The van der Waals surface area contributed by atoms with Crippen molar-refractivity contribution in [3.05, 3.63) is 24.3 Å². The predicted octanol–water partition coefficient (Wildman–Crippen LogP) is 1.07. The van der Waals surface area contributed by atoms with E-state index in [2.05, 4.69) is 5.32 Å². The molecule has 0 aliphatic carbocycles. The van der Waals surface area contributed by atoms with Crippen LogP contribution in [0.4, 0.5) is 0 Å². The molecule has 92 valence electrons. The van der Waals surface area contributed by atoms with Gasteiger partial charge in [-0.3, -0.25) is 9.59 Å². The molecule has 0 aromatic heterocycles. The second-order valence-corrected chi connectivity index (χ2v) is 4.46. The maximum absolute atomic E-state index is 11.4. The molecule has 0 saturated heterocycles. The first-order chi connectivity index (χ1) is 7.99. The van der Waals surface area contributed by atoms with Crippen LogP contribution >= 0.6 is 11.8 Å². The first kappa shape index (κ1) is 13.4. The molecule has 0 saturated carbocycles. The molecule has 0 spiro atoms. The quantitative estimate of drug-likeness (QED) is 0.685. The molecular weight excluding hydrogens is 242 g/mol. The lowest BCUT2D eigenvalue weighted by Gasteiger charge is -2.08. The number of hydrogen-bond donors (Lipinski definition) is 3. The molecule has 0 unspecified atom stereocenters. The number of phenolic OH excluding ortho intramolecular Hbond substituents is 1. The Labute approximate surface area is 103 Å². The first-order valence-corrected chi connectivity index (χ1v) is 5.91. The van der Waals surface area contributed by atoms with E-state index in [1.165, 1.54) is 30.8 Å².